The molecule has 4 heterocycles. The second-order valence-corrected chi connectivity index (χ2v) is 12.2. The number of imidazole rings is 1. The number of aromatic nitrogens is 3. The summed E-state index contributed by atoms with van der Waals surface area (Å²) in [5.41, 5.74) is 9.87. The van der Waals surface area contributed by atoms with Crippen LogP contribution in [0.15, 0.2) is 90.0 Å². The first-order valence-corrected chi connectivity index (χ1v) is 14.9. The molecule has 3 nitrogen and oxygen atoms in total. The van der Waals surface area contributed by atoms with Gasteiger partial charge >= 0.3 is 0 Å². The Morgan fingerprint density at radius 2 is 1.77 bits per heavy atom. The van der Waals surface area contributed by atoms with Crippen LogP contribution in [0, 0.1) is 18.1 Å². The Morgan fingerprint density at radius 3 is 2.60 bits per heavy atom. The fraction of sp³-hybridized carbons (Fsp3) is 0.257. The third kappa shape index (κ3) is 4.79. The summed E-state index contributed by atoms with van der Waals surface area (Å²) in [5.74, 6) is 2.75. The van der Waals surface area contributed by atoms with Gasteiger partial charge in [0.15, 0.2) is 0 Å². The summed E-state index contributed by atoms with van der Waals surface area (Å²) in [4.78, 5) is 10.7. The smallest absolute Gasteiger partial charge is 0.0777 e. The van der Waals surface area contributed by atoms with E-state index in [-0.39, 0.29) is 25.6 Å². The molecule has 1 radical (unpaired) electrons. The van der Waals surface area contributed by atoms with Gasteiger partial charge in [0.05, 0.1) is 22.4 Å². The summed E-state index contributed by atoms with van der Waals surface area (Å²) in [6.45, 7) is 4.62. The first kappa shape index (κ1) is 27.2. The summed E-state index contributed by atoms with van der Waals surface area (Å²) in [5, 5.41) is 0. The molecule has 1 aliphatic carbocycles. The fourth-order valence-electron chi connectivity index (χ4n) is 6.39. The first-order chi connectivity index (χ1) is 19.1. The van der Waals surface area contributed by atoms with E-state index >= 15 is 0 Å². The van der Waals surface area contributed by atoms with Crippen LogP contribution in [-0.2, 0) is 31.4 Å². The monoisotopic (exact) mass is 718 g/mol. The largest absolute Gasteiger partial charge is 0.355 e. The van der Waals surface area contributed by atoms with Gasteiger partial charge in [-0.05, 0) is 56.0 Å². The summed E-state index contributed by atoms with van der Waals surface area (Å²) in [6, 6.07) is 31.6. The normalized spacial score (nSPS) is 16.7. The van der Waals surface area contributed by atoms with Crippen LogP contribution >= 0.6 is 11.8 Å². The molecule has 3 aliphatic rings. The Hall–Kier alpha value is -2.98. The van der Waals surface area contributed by atoms with Gasteiger partial charge in [0.2, 0.25) is 0 Å². The molecule has 0 atom stereocenters. The zero-order valence-electron chi connectivity index (χ0n) is 22.8. The number of fused-ring (bicyclic) bond motifs is 3. The fourth-order valence-corrected chi connectivity index (χ4v) is 7.41. The van der Waals surface area contributed by atoms with Crippen molar-refractivity contribution in [2.75, 3.05) is 0 Å². The van der Waals surface area contributed by atoms with E-state index < -0.39 is 0 Å². The number of thioether (sulfide) groups is 1. The summed E-state index contributed by atoms with van der Waals surface area (Å²) in [7, 11) is 0. The van der Waals surface area contributed by atoms with Gasteiger partial charge in [0, 0.05) is 37.6 Å². The molecule has 1 fully saturated rings. The average molecular weight is 718 g/mol. The van der Waals surface area contributed by atoms with Crippen LogP contribution in [0.4, 0.5) is 0 Å². The Balaban J connectivity index is 0.000000164. The molecule has 1 saturated carbocycles. The Morgan fingerprint density at radius 1 is 0.925 bits per heavy atom. The van der Waals surface area contributed by atoms with Crippen molar-refractivity contribution < 1.29 is 20.1 Å². The molecular weight excluding hydrogens is 687 g/mol. The van der Waals surface area contributed by atoms with Crippen molar-refractivity contribution in [3.05, 3.63) is 108 Å². The van der Waals surface area contributed by atoms with Gasteiger partial charge in [-0.25, -0.2) is 0 Å². The van der Waals surface area contributed by atoms with E-state index in [0.717, 1.165) is 33.9 Å². The number of rotatable bonds is 2. The maximum Gasteiger partial charge on any atom is 0.0777 e. The van der Waals surface area contributed by atoms with Gasteiger partial charge in [-0.2, -0.15) is 11.8 Å². The molecule has 3 aromatic carbocycles. The molecule has 203 valence electrons. The van der Waals surface area contributed by atoms with Crippen LogP contribution < -0.4 is 0 Å². The van der Waals surface area contributed by atoms with Crippen molar-refractivity contribution in [1.29, 1.82) is 0 Å². The summed E-state index contributed by atoms with van der Waals surface area (Å²) in [6.07, 6.45) is 9.72. The Bertz CT molecular complexity index is 1650. The molecule has 8 rings (SSSR count). The number of pyridine rings is 1. The maximum atomic E-state index is 5.01. The van der Waals surface area contributed by atoms with E-state index in [1.165, 1.54) is 47.2 Å². The molecule has 5 aromatic rings. The van der Waals surface area contributed by atoms with E-state index in [4.69, 9.17) is 4.98 Å². The molecular formula is C35H31IrN3S-2. The quantitative estimate of drug-likeness (QED) is 0.171. The van der Waals surface area contributed by atoms with Gasteiger partial charge in [0.25, 0.3) is 0 Å². The van der Waals surface area contributed by atoms with Gasteiger partial charge in [-0.3, -0.25) is 4.98 Å². The third-order valence-corrected chi connectivity index (χ3v) is 9.25. The van der Waals surface area contributed by atoms with Crippen molar-refractivity contribution in [2.45, 2.75) is 55.7 Å². The Labute approximate surface area is 254 Å². The summed E-state index contributed by atoms with van der Waals surface area (Å²) < 4.78 is 2.42. The second kappa shape index (κ2) is 11.1. The number of allylic oxidation sites excluding steroid dienone is 2. The zero-order chi connectivity index (χ0) is 26.4. The standard InChI is InChI=1S/C23H23N2.C12H8NS.Ir/c1-23(2)15-19(16-9-6-7-10-16)18-13-8-14-20-21(18)25(23)22(24-20)17-11-4-3-5-12-17;1-2-6-11-10(5-1)12-9(8-14-11)4-3-7-13-12;/h3-5,8,11,13-16H,6-7,9-10H2,1-2H3;1-4,6-7H,8H2;/q2*-1;. The van der Waals surface area contributed by atoms with Crippen LogP contribution in [0.5, 0.6) is 0 Å². The van der Waals surface area contributed by atoms with Gasteiger partial charge in [-0.15, -0.1) is 65.7 Å². The predicted octanol–water partition coefficient (Wildman–Crippen LogP) is 8.98. The molecule has 40 heavy (non-hydrogen) atoms. The SMILES string of the molecule is CC1(C)C=C(C2CCCC2)c2cccc3nc(-c4[c-]cccc4)n1c23.[Ir].[c-]1cccc2c1-c1ncccc1CS2. The molecule has 0 saturated heterocycles. The number of para-hydroxylation sites is 1. The van der Waals surface area contributed by atoms with Gasteiger partial charge in [0.1, 0.15) is 0 Å². The topological polar surface area (TPSA) is 30.7 Å². The number of hydrogen-bond donors (Lipinski definition) is 0. The van der Waals surface area contributed by atoms with Crippen LogP contribution in [-0.4, -0.2) is 14.5 Å². The molecule has 0 N–H and O–H groups in total. The number of hydrogen-bond acceptors (Lipinski definition) is 3. The van der Waals surface area contributed by atoms with Crippen molar-refractivity contribution in [2.24, 2.45) is 5.92 Å². The van der Waals surface area contributed by atoms with Crippen molar-refractivity contribution >= 4 is 28.4 Å². The zero-order valence-corrected chi connectivity index (χ0v) is 26.0. The third-order valence-electron chi connectivity index (χ3n) is 8.15. The molecule has 0 amide bonds. The van der Waals surface area contributed by atoms with E-state index in [9.17, 15) is 0 Å². The minimum Gasteiger partial charge on any atom is -0.355 e. The maximum absolute atomic E-state index is 5.01. The van der Waals surface area contributed by atoms with Crippen molar-refractivity contribution in [1.82, 2.24) is 14.5 Å². The molecule has 5 heteroatoms. The predicted molar refractivity (Wildman–Crippen MR) is 161 cm³/mol. The van der Waals surface area contributed by atoms with E-state index in [1.807, 2.05) is 48.3 Å². The van der Waals surface area contributed by atoms with E-state index in [2.05, 4.69) is 84.1 Å². The minimum atomic E-state index is -0.0833. The second-order valence-electron chi connectivity index (χ2n) is 11.2. The first-order valence-electron chi connectivity index (χ1n) is 13.9. The van der Waals surface area contributed by atoms with E-state index in [0.29, 0.717) is 5.92 Å². The number of benzene rings is 3. The van der Waals surface area contributed by atoms with Crippen LogP contribution in [0.25, 0.3) is 39.3 Å². The molecule has 2 aromatic heterocycles. The van der Waals surface area contributed by atoms with Crippen molar-refractivity contribution in [3.63, 3.8) is 0 Å². The summed E-state index contributed by atoms with van der Waals surface area (Å²) >= 11 is 1.86. The molecule has 0 unspecified atom stereocenters. The van der Waals surface area contributed by atoms with Crippen LogP contribution in [0.2, 0.25) is 0 Å². The number of nitrogens with zero attached hydrogens (tertiary/aromatic N) is 3. The minimum absolute atomic E-state index is 0. The van der Waals surface area contributed by atoms with Crippen molar-refractivity contribution in [3.8, 4) is 22.6 Å². The van der Waals surface area contributed by atoms with Gasteiger partial charge < -0.3 is 9.55 Å². The van der Waals surface area contributed by atoms with Gasteiger partial charge in [-0.1, -0.05) is 47.6 Å². The van der Waals surface area contributed by atoms with Crippen LogP contribution in [0.1, 0.15) is 50.7 Å². The Kier molecular flexibility index (Phi) is 7.56. The molecule has 2 aliphatic heterocycles. The van der Waals surface area contributed by atoms with E-state index in [1.54, 1.807) is 5.57 Å². The average Bonchev–Trinajstić information content (AvgIpc) is 3.66. The molecule has 0 bridgehead atoms. The van der Waals surface area contributed by atoms with Crippen LogP contribution in [0.3, 0.4) is 0 Å². The molecule has 0 spiro atoms.